The fraction of sp³-hybridized carbons (Fsp3) is 0.250. The number of aryl methyl sites for hydroxylation is 1. The number of hydrogen-bond acceptors (Lipinski definition) is 2. The number of hydrogen-bond donors (Lipinski definition) is 1. The molecule has 0 heterocycles. The zero-order valence-corrected chi connectivity index (χ0v) is 12.2. The van der Waals surface area contributed by atoms with Crippen LogP contribution in [0.4, 0.5) is 4.39 Å². The van der Waals surface area contributed by atoms with Gasteiger partial charge >= 0.3 is 0 Å². The summed E-state index contributed by atoms with van der Waals surface area (Å²) in [6, 6.07) is 10.1. The minimum atomic E-state index is -0.245. The Morgan fingerprint density at radius 2 is 2.00 bits per heavy atom. The molecule has 2 nitrogen and oxygen atoms in total. The lowest BCUT2D eigenvalue weighted by atomic mass is 10.1. The van der Waals surface area contributed by atoms with E-state index >= 15 is 0 Å². The van der Waals surface area contributed by atoms with Gasteiger partial charge in [0.2, 0.25) is 0 Å². The number of ether oxygens (including phenoxy) is 1. The van der Waals surface area contributed by atoms with Crippen molar-refractivity contribution in [1.82, 2.24) is 0 Å². The molecule has 2 N–H and O–H groups in total. The third kappa shape index (κ3) is 3.50. The van der Waals surface area contributed by atoms with Crippen LogP contribution in [0.15, 0.2) is 36.4 Å². The van der Waals surface area contributed by atoms with Crippen molar-refractivity contribution in [1.29, 1.82) is 0 Å². The number of nitrogens with two attached hydrogens (primary N) is 1. The maximum Gasteiger partial charge on any atom is 0.138 e. The van der Waals surface area contributed by atoms with Crippen LogP contribution in [0.5, 0.6) is 5.75 Å². The minimum Gasteiger partial charge on any atom is -0.487 e. The summed E-state index contributed by atoms with van der Waals surface area (Å²) in [4.78, 5) is 0. The van der Waals surface area contributed by atoms with Crippen molar-refractivity contribution >= 4 is 11.6 Å². The van der Waals surface area contributed by atoms with Gasteiger partial charge in [0.15, 0.2) is 0 Å². The molecule has 0 fully saturated rings. The summed E-state index contributed by atoms with van der Waals surface area (Å²) >= 11 is 6.16. The van der Waals surface area contributed by atoms with Gasteiger partial charge in [-0.15, -0.1) is 0 Å². The van der Waals surface area contributed by atoms with Crippen LogP contribution in [-0.2, 0) is 6.61 Å². The molecule has 0 spiro atoms. The first kappa shape index (κ1) is 14.8. The molecule has 1 atom stereocenters. The largest absolute Gasteiger partial charge is 0.487 e. The second-order valence-corrected chi connectivity index (χ2v) is 5.25. The Balaban J connectivity index is 2.11. The molecule has 106 valence electrons. The summed E-state index contributed by atoms with van der Waals surface area (Å²) in [5, 5.41) is 0.527. The highest BCUT2D eigenvalue weighted by Crippen LogP contribution is 2.28. The molecule has 0 radical (unpaired) electrons. The van der Waals surface area contributed by atoms with Gasteiger partial charge < -0.3 is 10.5 Å². The minimum absolute atomic E-state index is 0.0686. The van der Waals surface area contributed by atoms with E-state index in [1.54, 1.807) is 18.2 Å². The quantitative estimate of drug-likeness (QED) is 0.907. The molecule has 0 aromatic heterocycles. The normalized spacial score (nSPS) is 12.2. The predicted molar refractivity (Wildman–Crippen MR) is 79.5 cm³/mol. The summed E-state index contributed by atoms with van der Waals surface area (Å²) in [5.74, 6) is 0.352. The molecule has 2 rings (SSSR count). The van der Waals surface area contributed by atoms with Gasteiger partial charge in [-0.05, 0) is 54.8 Å². The van der Waals surface area contributed by atoms with Gasteiger partial charge in [-0.2, -0.15) is 0 Å². The third-order valence-electron chi connectivity index (χ3n) is 3.17. The number of rotatable bonds is 4. The summed E-state index contributed by atoms with van der Waals surface area (Å²) in [6.45, 7) is 4.10. The monoisotopic (exact) mass is 293 g/mol. The Kier molecular flexibility index (Phi) is 4.63. The van der Waals surface area contributed by atoms with E-state index in [1.165, 1.54) is 12.1 Å². The van der Waals surface area contributed by atoms with Gasteiger partial charge in [0.25, 0.3) is 0 Å². The first-order chi connectivity index (χ1) is 9.47. The van der Waals surface area contributed by atoms with E-state index < -0.39 is 0 Å². The molecule has 2 aromatic carbocycles. The van der Waals surface area contributed by atoms with Crippen LogP contribution in [-0.4, -0.2) is 0 Å². The summed E-state index contributed by atoms with van der Waals surface area (Å²) in [5.41, 5.74) is 8.54. The molecule has 0 saturated heterocycles. The van der Waals surface area contributed by atoms with Gasteiger partial charge in [0.1, 0.15) is 18.2 Å². The molecule has 4 heteroatoms. The Bertz CT molecular complexity index is 613. The smallest absolute Gasteiger partial charge is 0.138 e. The van der Waals surface area contributed by atoms with E-state index in [1.807, 2.05) is 19.9 Å². The summed E-state index contributed by atoms with van der Waals surface area (Å²) in [7, 11) is 0. The highest BCUT2D eigenvalue weighted by atomic mass is 35.5. The average molecular weight is 294 g/mol. The maximum atomic E-state index is 13.0. The lowest BCUT2D eigenvalue weighted by Gasteiger charge is -2.12. The molecule has 2 aromatic rings. The molecule has 0 bridgehead atoms. The van der Waals surface area contributed by atoms with E-state index in [2.05, 4.69) is 0 Å². The fourth-order valence-corrected chi connectivity index (χ4v) is 2.14. The molecule has 0 amide bonds. The Labute approximate surface area is 123 Å². The molecule has 0 aliphatic carbocycles. The number of halogens is 2. The average Bonchev–Trinajstić information content (AvgIpc) is 2.38. The van der Waals surface area contributed by atoms with Crippen LogP contribution in [0.25, 0.3) is 0 Å². The van der Waals surface area contributed by atoms with Crippen LogP contribution >= 0.6 is 11.6 Å². The first-order valence-electron chi connectivity index (χ1n) is 6.40. The second-order valence-electron chi connectivity index (χ2n) is 4.84. The van der Waals surface area contributed by atoms with Gasteiger partial charge in [-0.25, -0.2) is 4.39 Å². The molecule has 0 saturated carbocycles. The molecule has 0 unspecified atom stereocenters. The van der Waals surface area contributed by atoms with Crippen LogP contribution in [0.1, 0.15) is 29.7 Å². The highest BCUT2D eigenvalue weighted by Gasteiger charge is 2.07. The Hall–Kier alpha value is -1.58. The Morgan fingerprint density at radius 3 is 2.60 bits per heavy atom. The van der Waals surface area contributed by atoms with Gasteiger partial charge in [-0.3, -0.25) is 0 Å². The molecule has 0 aliphatic rings. The first-order valence-corrected chi connectivity index (χ1v) is 6.78. The Morgan fingerprint density at radius 1 is 1.25 bits per heavy atom. The van der Waals surface area contributed by atoms with Crippen LogP contribution in [0.3, 0.4) is 0 Å². The van der Waals surface area contributed by atoms with Crippen LogP contribution in [0, 0.1) is 12.7 Å². The second kappa shape index (κ2) is 6.25. The van der Waals surface area contributed by atoms with E-state index in [0.29, 0.717) is 17.4 Å². The molecule has 20 heavy (non-hydrogen) atoms. The van der Waals surface area contributed by atoms with E-state index in [9.17, 15) is 4.39 Å². The zero-order chi connectivity index (χ0) is 14.7. The topological polar surface area (TPSA) is 35.2 Å². The third-order valence-corrected chi connectivity index (χ3v) is 3.46. The zero-order valence-electron chi connectivity index (χ0n) is 11.5. The lowest BCUT2D eigenvalue weighted by Crippen LogP contribution is -2.05. The van der Waals surface area contributed by atoms with Gasteiger partial charge in [-0.1, -0.05) is 23.7 Å². The van der Waals surface area contributed by atoms with Crippen molar-refractivity contribution < 1.29 is 9.13 Å². The summed E-state index contributed by atoms with van der Waals surface area (Å²) < 4.78 is 18.7. The van der Waals surface area contributed by atoms with E-state index in [0.717, 1.165) is 16.7 Å². The van der Waals surface area contributed by atoms with Crippen molar-refractivity contribution in [2.45, 2.75) is 26.5 Å². The lowest BCUT2D eigenvalue weighted by molar-refractivity contribution is 0.305. The van der Waals surface area contributed by atoms with Crippen molar-refractivity contribution in [2.24, 2.45) is 5.73 Å². The molecular weight excluding hydrogens is 277 g/mol. The fourth-order valence-electron chi connectivity index (χ4n) is 1.89. The van der Waals surface area contributed by atoms with Crippen LogP contribution < -0.4 is 10.5 Å². The molecular formula is C16H17ClFNO. The van der Waals surface area contributed by atoms with Crippen molar-refractivity contribution in [3.8, 4) is 5.75 Å². The van der Waals surface area contributed by atoms with Gasteiger partial charge in [0, 0.05) is 6.04 Å². The predicted octanol–water partition coefficient (Wildman–Crippen LogP) is 4.39. The SMILES string of the molecule is Cc1cc(F)ccc1COc1ccc([C@@H](C)N)cc1Cl. The summed E-state index contributed by atoms with van der Waals surface area (Å²) in [6.07, 6.45) is 0. The van der Waals surface area contributed by atoms with Crippen molar-refractivity contribution in [2.75, 3.05) is 0 Å². The van der Waals surface area contributed by atoms with Crippen LogP contribution in [0.2, 0.25) is 5.02 Å². The maximum absolute atomic E-state index is 13.0. The van der Waals surface area contributed by atoms with Gasteiger partial charge in [0.05, 0.1) is 5.02 Å². The number of benzene rings is 2. The van der Waals surface area contributed by atoms with Crippen molar-refractivity contribution in [3.63, 3.8) is 0 Å². The van der Waals surface area contributed by atoms with E-state index in [4.69, 9.17) is 22.1 Å². The van der Waals surface area contributed by atoms with Crippen molar-refractivity contribution in [3.05, 3.63) is 63.9 Å². The standard InChI is InChI=1S/C16H17ClFNO/c1-10-7-14(18)5-3-13(10)9-20-16-6-4-12(11(2)19)8-15(16)17/h3-8,11H,9,19H2,1-2H3/t11-/m1/s1. The highest BCUT2D eigenvalue weighted by molar-refractivity contribution is 6.32. The van der Waals surface area contributed by atoms with E-state index in [-0.39, 0.29) is 11.9 Å². The molecule has 0 aliphatic heterocycles.